The van der Waals surface area contributed by atoms with Gasteiger partial charge in [0, 0.05) is 16.6 Å². The normalized spacial score (nSPS) is 18.0. The predicted octanol–water partition coefficient (Wildman–Crippen LogP) is 4.38. The monoisotopic (exact) mass is 349 g/mol. The van der Waals surface area contributed by atoms with Gasteiger partial charge in [-0.3, -0.25) is 0 Å². The van der Waals surface area contributed by atoms with Crippen molar-refractivity contribution in [3.63, 3.8) is 0 Å². The minimum atomic E-state index is -1.36. The Morgan fingerprint density at radius 1 is 0.778 bits per heavy atom. The van der Waals surface area contributed by atoms with Crippen LogP contribution in [0.5, 0.6) is 0 Å². The van der Waals surface area contributed by atoms with Crippen molar-refractivity contribution in [2.45, 2.75) is 5.60 Å². The average molecular weight is 349 g/mol. The van der Waals surface area contributed by atoms with E-state index in [4.69, 9.17) is 9.97 Å². The second-order valence-corrected chi connectivity index (χ2v) is 6.94. The summed E-state index contributed by atoms with van der Waals surface area (Å²) in [5, 5.41) is 13.0. The Balaban J connectivity index is 1.73. The van der Waals surface area contributed by atoms with Crippen molar-refractivity contribution in [1.29, 1.82) is 0 Å². The first-order chi connectivity index (χ1) is 13.2. The van der Waals surface area contributed by atoms with Crippen LogP contribution in [0.2, 0.25) is 0 Å². The fourth-order valence-electron chi connectivity index (χ4n) is 4.11. The standard InChI is InChI=1S/C23H15N3O/c27-23(20-13-14-7-1-4-10-17(14)24-20)16-9-3-2-8-15(16)21-22(23)26-19-12-6-5-11-18(19)25-21/h1-13,24,27H. The second-order valence-electron chi connectivity index (χ2n) is 6.94. The molecule has 128 valence electrons. The smallest absolute Gasteiger partial charge is 0.174 e. The lowest BCUT2D eigenvalue weighted by atomic mass is 9.91. The van der Waals surface area contributed by atoms with E-state index in [2.05, 4.69) is 4.98 Å². The van der Waals surface area contributed by atoms with E-state index in [1.807, 2.05) is 78.9 Å². The van der Waals surface area contributed by atoms with Gasteiger partial charge in [-0.2, -0.15) is 0 Å². The number of hydrogen-bond donors (Lipinski definition) is 2. The van der Waals surface area contributed by atoms with Crippen LogP contribution in [0, 0.1) is 0 Å². The molecule has 4 nitrogen and oxygen atoms in total. The van der Waals surface area contributed by atoms with Gasteiger partial charge in [-0.25, -0.2) is 9.97 Å². The molecule has 2 aromatic heterocycles. The van der Waals surface area contributed by atoms with E-state index >= 15 is 0 Å². The van der Waals surface area contributed by atoms with Gasteiger partial charge in [-0.05, 0) is 29.7 Å². The summed E-state index contributed by atoms with van der Waals surface area (Å²) in [6.07, 6.45) is 0. The molecule has 3 aromatic carbocycles. The first-order valence-electron chi connectivity index (χ1n) is 8.93. The van der Waals surface area contributed by atoms with Crippen molar-refractivity contribution in [3.05, 3.63) is 95.8 Å². The summed E-state index contributed by atoms with van der Waals surface area (Å²) in [5.74, 6) is 0. The first-order valence-corrected chi connectivity index (χ1v) is 8.93. The maximum Gasteiger partial charge on any atom is 0.174 e. The molecular weight excluding hydrogens is 334 g/mol. The first kappa shape index (κ1) is 14.6. The van der Waals surface area contributed by atoms with E-state index in [-0.39, 0.29) is 0 Å². The van der Waals surface area contributed by atoms with Crippen LogP contribution in [0.4, 0.5) is 0 Å². The summed E-state index contributed by atoms with van der Waals surface area (Å²) in [7, 11) is 0. The van der Waals surface area contributed by atoms with Crippen molar-refractivity contribution in [1.82, 2.24) is 15.0 Å². The number of benzene rings is 3. The zero-order valence-electron chi connectivity index (χ0n) is 14.3. The Hall–Kier alpha value is -3.50. The zero-order chi connectivity index (χ0) is 18.0. The average Bonchev–Trinajstić information content (AvgIpc) is 3.26. The molecule has 0 amide bonds. The fourth-order valence-corrected chi connectivity index (χ4v) is 4.11. The van der Waals surface area contributed by atoms with Crippen LogP contribution in [0.1, 0.15) is 17.0 Å². The minimum absolute atomic E-state index is 0.578. The molecule has 0 saturated carbocycles. The van der Waals surface area contributed by atoms with Gasteiger partial charge in [0.25, 0.3) is 0 Å². The largest absolute Gasteiger partial charge is 0.373 e. The highest BCUT2D eigenvalue weighted by molar-refractivity contribution is 5.86. The molecule has 0 radical (unpaired) electrons. The van der Waals surface area contributed by atoms with Crippen LogP contribution in [0.25, 0.3) is 33.2 Å². The van der Waals surface area contributed by atoms with E-state index in [1.54, 1.807) is 0 Å². The Labute approximate surface area is 155 Å². The highest BCUT2D eigenvalue weighted by Crippen LogP contribution is 2.49. The predicted molar refractivity (Wildman–Crippen MR) is 105 cm³/mol. The molecule has 0 saturated heterocycles. The van der Waals surface area contributed by atoms with Crippen LogP contribution >= 0.6 is 0 Å². The number of aromatic nitrogens is 3. The van der Waals surface area contributed by atoms with Gasteiger partial charge < -0.3 is 10.1 Å². The summed E-state index contributed by atoms with van der Waals surface area (Å²) in [6, 6.07) is 25.6. The summed E-state index contributed by atoms with van der Waals surface area (Å²) >= 11 is 0. The van der Waals surface area contributed by atoms with Gasteiger partial charge in [-0.15, -0.1) is 0 Å². The lowest BCUT2D eigenvalue weighted by Crippen LogP contribution is -2.28. The minimum Gasteiger partial charge on any atom is -0.373 e. The molecule has 6 rings (SSSR count). The molecule has 1 aliphatic rings. The number of hydrogen-bond acceptors (Lipinski definition) is 3. The number of H-pyrrole nitrogens is 1. The van der Waals surface area contributed by atoms with Gasteiger partial charge >= 0.3 is 0 Å². The van der Waals surface area contributed by atoms with Crippen molar-refractivity contribution in [3.8, 4) is 11.3 Å². The van der Waals surface area contributed by atoms with E-state index in [9.17, 15) is 5.11 Å². The third-order valence-corrected chi connectivity index (χ3v) is 5.40. The van der Waals surface area contributed by atoms with E-state index in [0.717, 1.165) is 38.8 Å². The van der Waals surface area contributed by atoms with Crippen molar-refractivity contribution < 1.29 is 5.11 Å². The fraction of sp³-hybridized carbons (Fsp3) is 0.0435. The maximum absolute atomic E-state index is 12.0. The number of aliphatic hydroxyl groups is 1. The number of aromatic amines is 1. The van der Waals surface area contributed by atoms with Gasteiger partial charge in [0.1, 0.15) is 5.69 Å². The molecule has 27 heavy (non-hydrogen) atoms. The molecule has 2 heterocycles. The molecule has 1 unspecified atom stereocenters. The Kier molecular flexibility index (Phi) is 2.73. The molecule has 1 atom stereocenters. The number of para-hydroxylation sites is 3. The van der Waals surface area contributed by atoms with Gasteiger partial charge in [0.15, 0.2) is 5.60 Å². The molecule has 0 spiro atoms. The third kappa shape index (κ3) is 1.85. The van der Waals surface area contributed by atoms with Crippen LogP contribution in [-0.2, 0) is 5.60 Å². The topological polar surface area (TPSA) is 61.8 Å². The summed E-state index contributed by atoms with van der Waals surface area (Å²) < 4.78 is 0. The SMILES string of the molecule is OC1(c2cc3ccccc3[nH]2)c2ccccc2-c2nc3ccccc3nc21. The quantitative estimate of drug-likeness (QED) is 0.472. The highest BCUT2D eigenvalue weighted by Gasteiger charge is 2.46. The number of fused-ring (bicyclic) bond motifs is 5. The summed E-state index contributed by atoms with van der Waals surface area (Å²) in [6.45, 7) is 0. The van der Waals surface area contributed by atoms with Crippen LogP contribution in [0.15, 0.2) is 78.9 Å². The van der Waals surface area contributed by atoms with Gasteiger partial charge in [-0.1, -0.05) is 54.6 Å². The van der Waals surface area contributed by atoms with E-state index in [1.165, 1.54) is 0 Å². The van der Waals surface area contributed by atoms with Gasteiger partial charge in [0.05, 0.1) is 22.4 Å². The highest BCUT2D eigenvalue weighted by atomic mass is 16.3. The van der Waals surface area contributed by atoms with Gasteiger partial charge in [0.2, 0.25) is 0 Å². The lowest BCUT2D eigenvalue weighted by Gasteiger charge is -2.23. The van der Waals surface area contributed by atoms with Crippen LogP contribution < -0.4 is 0 Å². The van der Waals surface area contributed by atoms with Crippen LogP contribution in [-0.4, -0.2) is 20.1 Å². The van der Waals surface area contributed by atoms with Crippen molar-refractivity contribution >= 4 is 21.9 Å². The number of nitrogens with zero attached hydrogens (tertiary/aromatic N) is 2. The van der Waals surface area contributed by atoms with Crippen LogP contribution in [0.3, 0.4) is 0 Å². The molecule has 0 aliphatic heterocycles. The second kappa shape index (κ2) is 5.02. The molecule has 2 N–H and O–H groups in total. The Bertz CT molecular complexity index is 1320. The number of nitrogens with one attached hydrogen (secondary N) is 1. The molecular formula is C23H15N3O. The molecule has 0 fully saturated rings. The summed E-state index contributed by atoms with van der Waals surface area (Å²) in [4.78, 5) is 13.1. The lowest BCUT2D eigenvalue weighted by molar-refractivity contribution is 0.122. The maximum atomic E-state index is 12.0. The zero-order valence-corrected chi connectivity index (χ0v) is 14.3. The molecule has 0 bridgehead atoms. The molecule has 4 heteroatoms. The summed E-state index contributed by atoms with van der Waals surface area (Å²) in [5.41, 5.74) is 4.99. The van der Waals surface area contributed by atoms with Crippen molar-refractivity contribution in [2.75, 3.05) is 0 Å². The number of rotatable bonds is 1. The Morgan fingerprint density at radius 3 is 2.33 bits per heavy atom. The van der Waals surface area contributed by atoms with E-state index < -0.39 is 5.60 Å². The molecule has 1 aliphatic carbocycles. The van der Waals surface area contributed by atoms with E-state index in [0.29, 0.717) is 11.4 Å². The molecule has 5 aromatic rings. The Morgan fingerprint density at radius 2 is 1.48 bits per heavy atom. The van der Waals surface area contributed by atoms with Crippen molar-refractivity contribution in [2.24, 2.45) is 0 Å². The third-order valence-electron chi connectivity index (χ3n) is 5.40.